The normalized spacial score (nSPS) is 13.3. The summed E-state index contributed by atoms with van der Waals surface area (Å²) < 4.78 is 38.9. The summed E-state index contributed by atoms with van der Waals surface area (Å²) in [6.45, 7) is 10.6. The van der Waals surface area contributed by atoms with E-state index in [4.69, 9.17) is 28.0 Å². The molecule has 5 aromatic carbocycles. The fourth-order valence-electron chi connectivity index (χ4n) is 7.01. The van der Waals surface area contributed by atoms with Gasteiger partial charge in [-0.3, -0.25) is 4.79 Å². The van der Waals surface area contributed by atoms with Crippen LogP contribution in [0.2, 0.25) is 0 Å². The Morgan fingerprint density at radius 2 is 1.22 bits per heavy atom. The molecule has 0 saturated heterocycles. The van der Waals surface area contributed by atoms with Crippen molar-refractivity contribution in [3.8, 4) is 23.3 Å². The van der Waals surface area contributed by atoms with Gasteiger partial charge in [-0.25, -0.2) is 4.67 Å². The van der Waals surface area contributed by atoms with E-state index < -0.39 is 26.1 Å². The molecule has 0 bridgehead atoms. The number of amides is 1. The highest BCUT2D eigenvalue weighted by Crippen LogP contribution is 2.47. The lowest BCUT2D eigenvalue weighted by Crippen LogP contribution is -2.46. The minimum absolute atomic E-state index is 0.0631. The number of methoxy groups -OCH3 is 3. The van der Waals surface area contributed by atoms with Crippen molar-refractivity contribution in [2.45, 2.75) is 70.7 Å². The zero-order valence-corrected chi connectivity index (χ0v) is 35.7. The second-order valence-corrected chi connectivity index (χ2v) is 16.0. The molecular weight excluding hydrogens is 750 g/mol. The molecule has 0 radical (unpaired) electrons. The van der Waals surface area contributed by atoms with E-state index in [9.17, 15) is 10.1 Å². The molecular formula is C47H56N3O7P. The van der Waals surface area contributed by atoms with Gasteiger partial charge in [0.15, 0.2) is 0 Å². The predicted molar refractivity (Wildman–Crippen MR) is 230 cm³/mol. The minimum Gasteiger partial charge on any atom is -0.497 e. The molecule has 58 heavy (non-hydrogen) atoms. The maximum Gasteiger partial charge on any atom is 0.259 e. The third kappa shape index (κ3) is 10.7. The molecule has 0 fully saturated rings. The van der Waals surface area contributed by atoms with Crippen LogP contribution in [0.4, 0.5) is 0 Å². The number of benzene rings is 5. The van der Waals surface area contributed by atoms with Crippen LogP contribution in [0.15, 0.2) is 115 Å². The molecule has 1 N–H and O–H groups in total. The van der Waals surface area contributed by atoms with Crippen molar-refractivity contribution in [3.05, 3.63) is 138 Å². The fourth-order valence-corrected chi connectivity index (χ4v) is 8.67. The van der Waals surface area contributed by atoms with Crippen LogP contribution in [0.25, 0.3) is 10.8 Å². The van der Waals surface area contributed by atoms with E-state index in [1.165, 1.54) is 0 Å². The van der Waals surface area contributed by atoms with E-state index in [1.807, 2.05) is 122 Å². The van der Waals surface area contributed by atoms with Gasteiger partial charge in [0.1, 0.15) is 22.8 Å². The third-order valence-corrected chi connectivity index (χ3v) is 12.1. The largest absolute Gasteiger partial charge is 0.497 e. The van der Waals surface area contributed by atoms with Crippen LogP contribution in [0.1, 0.15) is 69.2 Å². The highest BCUT2D eigenvalue weighted by Gasteiger charge is 2.39. The van der Waals surface area contributed by atoms with E-state index >= 15 is 0 Å². The van der Waals surface area contributed by atoms with Crippen LogP contribution in [0.3, 0.4) is 0 Å². The number of hydrogen-bond donors (Lipinski definition) is 1. The average Bonchev–Trinajstić information content (AvgIpc) is 3.25. The zero-order valence-electron chi connectivity index (χ0n) is 34.8. The van der Waals surface area contributed by atoms with Crippen LogP contribution in [-0.4, -0.2) is 69.9 Å². The van der Waals surface area contributed by atoms with E-state index in [1.54, 1.807) is 21.3 Å². The molecule has 3 atom stereocenters. The first kappa shape index (κ1) is 44.1. The smallest absolute Gasteiger partial charge is 0.259 e. The number of rotatable bonds is 21. The van der Waals surface area contributed by atoms with Gasteiger partial charge in [0.05, 0.1) is 65.6 Å². The van der Waals surface area contributed by atoms with Crippen molar-refractivity contribution in [2.75, 3.05) is 41.2 Å². The van der Waals surface area contributed by atoms with Gasteiger partial charge < -0.3 is 33.3 Å². The quantitative estimate of drug-likeness (QED) is 0.0440. The number of nitrogens with one attached hydrogen (secondary N) is 1. The molecule has 11 heteroatoms. The molecule has 0 aliphatic carbocycles. The van der Waals surface area contributed by atoms with Gasteiger partial charge in [-0.1, -0.05) is 78.9 Å². The van der Waals surface area contributed by atoms with Gasteiger partial charge in [-0.05, 0) is 104 Å². The molecule has 2 unspecified atom stereocenters. The molecule has 306 valence electrons. The Labute approximate surface area is 344 Å². The number of ether oxygens (including phenoxy) is 4. The van der Waals surface area contributed by atoms with Crippen LogP contribution in [0.5, 0.6) is 17.2 Å². The van der Waals surface area contributed by atoms with Gasteiger partial charge in [0.2, 0.25) is 5.91 Å². The van der Waals surface area contributed by atoms with E-state index in [2.05, 4.69) is 43.8 Å². The lowest BCUT2D eigenvalue weighted by atomic mass is 9.80. The van der Waals surface area contributed by atoms with Crippen LogP contribution in [0, 0.1) is 11.3 Å². The van der Waals surface area contributed by atoms with Gasteiger partial charge in [-0.2, -0.15) is 5.26 Å². The van der Waals surface area contributed by atoms with Gasteiger partial charge >= 0.3 is 0 Å². The summed E-state index contributed by atoms with van der Waals surface area (Å²) in [4.78, 5) is 14.3. The first-order chi connectivity index (χ1) is 28.0. The molecule has 1 amide bonds. The monoisotopic (exact) mass is 805 g/mol. The lowest BCUT2D eigenvalue weighted by Gasteiger charge is -2.38. The van der Waals surface area contributed by atoms with Gasteiger partial charge in [-0.15, -0.1) is 0 Å². The topological polar surface area (TPSA) is 112 Å². The number of carbonyl (C=O) groups excluding carboxylic acids is 1. The molecule has 0 spiro atoms. The van der Waals surface area contributed by atoms with Crippen molar-refractivity contribution >= 4 is 25.2 Å². The molecule has 0 heterocycles. The van der Waals surface area contributed by atoms with Crippen molar-refractivity contribution in [2.24, 2.45) is 0 Å². The summed E-state index contributed by atoms with van der Waals surface area (Å²) in [5, 5.41) is 14.6. The van der Waals surface area contributed by atoms with Crippen molar-refractivity contribution in [1.29, 1.82) is 5.26 Å². The number of nitrogens with zero attached hydrogens (tertiary/aromatic N) is 2. The highest BCUT2D eigenvalue weighted by molar-refractivity contribution is 7.44. The second kappa shape index (κ2) is 21.1. The molecule has 0 aliphatic rings. The molecule has 5 aromatic rings. The van der Waals surface area contributed by atoms with Crippen molar-refractivity contribution in [3.63, 3.8) is 0 Å². The minimum atomic E-state index is -1.60. The van der Waals surface area contributed by atoms with Crippen molar-refractivity contribution < 1.29 is 32.8 Å². The number of carbonyl (C=O) groups is 1. The molecule has 5 rings (SSSR count). The molecule has 0 aliphatic heterocycles. The van der Waals surface area contributed by atoms with Gasteiger partial charge in [0, 0.05) is 12.1 Å². The first-order valence-electron chi connectivity index (χ1n) is 19.6. The summed E-state index contributed by atoms with van der Waals surface area (Å²) in [6, 6.07) is 39.4. The SMILES string of the molecule is COc1ccc(C(OCC(COP(OCCC#N)N(C(C)C)C(C)C)NC(=O)[C@@H](C)c2ccc3cc(OC)ccc3c2)(c2ccccc2)c2ccc(OC)cc2)cc1. The maximum atomic E-state index is 14.3. The summed E-state index contributed by atoms with van der Waals surface area (Å²) in [6.07, 6.45) is 0.231. The fraction of sp³-hybridized carbons (Fsp3) is 0.362. The average molecular weight is 806 g/mol. The number of fused-ring (bicyclic) bond motifs is 1. The Bertz CT molecular complexity index is 2030. The molecule has 10 nitrogen and oxygen atoms in total. The summed E-state index contributed by atoms with van der Waals surface area (Å²) in [5.74, 6) is 1.53. The van der Waals surface area contributed by atoms with E-state index in [-0.39, 0.29) is 44.2 Å². The van der Waals surface area contributed by atoms with Crippen LogP contribution < -0.4 is 19.5 Å². The Morgan fingerprint density at radius 3 is 1.78 bits per heavy atom. The zero-order chi connectivity index (χ0) is 41.7. The molecule has 0 aromatic heterocycles. The van der Waals surface area contributed by atoms with Crippen molar-refractivity contribution in [1.82, 2.24) is 9.99 Å². The Morgan fingerprint density at radius 1 is 0.690 bits per heavy atom. The lowest BCUT2D eigenvalue weighted by molar-refractivity contribution is -0.124. The Balaban J connectivity index is 1.55. The van der Waals surface area contributed by atoms with E-state index in [0.717, 1.165) is 38.8 Å². The van der Waals surface area contributed by atoms with E-state index in [0.29, 0.717) is 11.5 Å². The highest BCUT2D eigenvalue weighted by atomic mass is 31.2. The summed E-state index contributed by atoms with van der Waals surface area (Å²) in [7, 11) is 3.33. The predicted octanol–water partition coefficient (Wildman–Crippen LogP) is 9.76. The van der Waals surface area contributed by atoms with Crippen LogP contribution in [-0.2, 0) is 24.2 Å². The number of hydrogen-bond acceptors (Lipinski definition) is 9. The standard InChI is InChI=1S/C47H56N3O7P/c1-33(2)50(34(3)4)58(56-28-12-27-48)57-32-42(49-46(51)35(5)36-15-16-38-30-45(54-8)22-17-37(38)29-36)31-55-47(39-13-10-9-11-14-39,40-18-23-43(52-6)24-19-40)41-20-25-44(53-7)26-21-41/h9-11,13-26,29-30,33-35,42H,12,28,31-32H2,1-8H3,(H,49,51)/t35-,42?,58?/m0/s1. The maximum absolute atomic E-state index is 14.3. The van der Waals surface area contributed by atoms with Crippen LogP contribution >= 0.6 is 8.53 Å². The third-order valence-electron chi connectivity index (χ3n) is 10.0. The molecule has 0 saturated carbocycles. The summed E-state index contributed by atoms with van der Waals surface area (Å²) >= 11 is 0. The Kier molecular flexibility index (Phi) is 16.1. The second-order valence-electron chi connectivity index (χ2n) is 14.6. The first-order valence-corrected chi connectivity index (χ1v) is 20.7. The number of nitriles is 1. The van der Waals surface area contributed by atoms with Gasteiger partial charge in [0.25, 0.3) is 8.53 Å². The summed E-state index contributed by atoms with van der Waals surface area (Å²) in [5.41, 5.74) is 2.38. The Hall–Kier alpha value is -5.01.